The highest BCUT2D eigenvalue weighted by molar-refractivity contribution is 6.29. The molecule has 1 N–H and O–H groups in total. The molecule has 0 atom stereocenters. The van der Waals surface area contributed by atoms with Crippen LogP contribution in [-0.2, 0) is 4.79 Å². The number of halogens is 1. The fraction of sp³-hybridized carbons (Fsp3) is 0.571. The summed E-state index contributed by atoms with van der Waals surface area (Å²) < 4.78 is 0. The van der Waals surface area contributed by atoms with Crippen LogP contribution in [0.3, 0.4) is 0 Å². The lowest BCUT2D eigenvalue weighted by Crippen LogP contribution is -2.46. The maximum Gasteiger partial charge on any atom is 0.274 e. The number of hydrogen-bond acceptors (Lipinski definition) is 4. The molecule has 2 amide bonds. The maximum atomic E-state index is 12.2. The summed E-state index contributed by atoms with van der Waals surface area (Å²) in [6.07, 6.45) is 2.93. The number of amides is 2. The number of likely N-dealkylation sites (tertiary alicyclic amines) is 1. The van der Waals surface area contributed by atoms with Gasteiger partial charge >= 0.3 is 0 Å². The molecule has 1 aromatic rings. The Morgan fingerprint density at radius 3 is 2.62 bits per heavy atom. The molecule has 114 valence electrons. The zero-order valence-electron chi connectivity index (χ0n) is 12.0. The van der Waals surface area contributed by atoms with Crippen molar-refractivity contribution in [2.24, 2.45) is 0 Å². The first-order valence-electron chi connectivity index (χ1n) is 7.18. The summed E-state index contributed by atoms with van der Waals surface area (Å²) in [5.74, 6) is -0.0525. The van der Waals surface area contributed by atoms with Gasteiger partial charge in [0, 0.05) is 25.6 Å². The molecule has 0 aromatic carbocycles. The lowest BCUT2D eigenvalue weighted by Gasteiger charge is -2.32. The molecular weight excluding hydrogens is 292 g/mol. The SMILES string of the molecule is CCCC(=O)NC1CCN(C(=O)c2ccc(Cl)nn2)CC1. The Morgan fingerprint density at radius 2 is 2.05 bits per heavy atom. The van der Waals surface area contributed by atoms with Gasteiger partial charge in [0.25, 0.3) is 5.91 Å². The van der Waals surface area contributed by atoms with Crippen molar-refractivity contribution >= 4 is 23.4 Å². The van der Waals surface area contributed by atoms with Crippen molar-refractivity contribution in [3.05, 3.63) is 23.0 Å². The van der Waals surface area contributed by atoms with Crippen molar-refractivity contribution in [1.82, 2.24) is 20.4 Å². The van der Waals surface area contributed by atoms with Crippen molar-refractivity contribution in [2.45, 2.75) is 38.6 Å². The van der Waals surface area contributed by atoms with Gasteiger partial charge in [-0.05, 0) is 31.4 Å². The third-order valence-electron chi connectivity index (χ3n) is 3.48. The Balaban J connectivity index is 1.84. The first kappa shape index (κ1) is 15.7. The second-order valence-corrected chi connectivity index (χ2v) is 5.51. The van der Waals surface area contributed by atoms with Crippen LogP contribution in [0, 0.1) is 0 Å². The minimum absolute atomic E-state index is 0.0887. The van der Waals surface area contributed by atoms with E-state index in [0.29, 0.717) is 25.2 Å². The predicted octanol–water partition coefficient (Wildman–Crippen LogP) is 1.65. The average molecular weight is 311 g/mol. The third-order valence-corrected chi connectivity index (χ3v) is 3.68. The van der Waals surface area contributed by atoms with Crippen molar-refractivity contribution in [2.75, 3.05) is 13.1 Å². The minimum Gasteiger partial charge on any atom is -0.353 e. The number of aromatic nitrogens is 2. The molecule has 6 nitrogen and oxygen atoms in total. The molecule has 1 aliphatic rings. The van der Waals surface area contributed by atoms with Crippen LogP contribution in [-0.4, -0.2) is 46.0 Å². The molecular formula is C14H19ClN4O2. The van der Waals surface area contributed by atoms with Crippen LogP contribution in [0.2, 0.25) is 5.15 Å². The van der Waals surface area contributed by atoms with E-state index < -0.39 is 0 Å². The fourth-order valence-corrected chi connectivity index (χ4v) is 2.45. The second kappa shape index (κ2) is 7.36. The smallest absolute Gasteiger partial charge is 0.274 e. The standard InChI is InChI=1S/C14H19ClN4O2/c1-2-3-13(20)16-10-6-8-19(9-7-10)14(21)11-4-5-12(15)18-17-11/h4-5,10H,2-3,6-9H2,1H3,(H,16,20). The topological polar surface area (TPSA) is 75.2 Å². The molecule has 0 aliphatic carbocycles. The van der Waals surface area contributed by atoms with Crippen molar-refractivity contribution in [3.8, 4) is 0 Å². The number of nitrogens with zero attached hydrogens (tertiary/aromatic N) is 3. The van der Waals surface area contributed by atoms with Gasteiger partial charge in [-0.2, -0.15) is 0 Å². The van der Waals surface area contributed by atoms with Gasteiger partial charge in [-0.1, -0.05) is 18.5 Å². The molecule has 0 spiro atoms. The van der Waals surface area contributed by atoms with Crippen molar-refractivity contribution < 1.29 is 9.59 Å². The summed E-state index contributed by atoms with van der Waals surface area (Å²) in [4.78, 5) is 25.5. The van der Waals surface area contributed by atoms with Crippen LogP contribution < -0.4 is 5.32 Å². The number of carbonyl (C=O) groups excluding carboxylic acids is 2. The summed E-state index contributed by atoms with van der Waals surface area (Å²) in [7, 11) is 0. The van der Waals surface area contributed by atoms with Crippen LogP contribution in [0.25, 0.3) is 0 Å². The maximum absolute atomic E-state index is 12.2. The Morgan fingerprint density at radius 1 is 1.33 bits per heavy atom. The third kappa shape index (κ3) is 4.39. The van der Waals surface area contributed by atoms with Crippen LogP contribution >= 0.6 is 11.6 Å². The van der Waals surface area contributed by atoms with E-state index in [1.807, 2.05) is 6.92 Å². The number of rotatable bonds is 4. The Labute approximate surface area is 128 Å². The summed E-state index contributed by atoms with van der Waals surface area (Å²) >= 11 is 5.66. The van der Waals surface area contributed by atoms with E-state index in [1.165, 1.54) is 0 Å². The van der Waals surface area contributed by atoms with Gasteiger partial charge in [0.15, 0.2) is 10.8 Å². The van der Waals surface area contributed by atoms with Gasteiger partial charge < -0.3 is 10.2 Å². The summed E-state index contributed by atoms with van der Waals surface area (Å²) in [6, 6.07) is 3.29. The zero-order chi connectivity index (χ0) is 15.2. The summed E-state index contributed by atoms with van der Waals surface area (Å²) in [5, 5.41) is 10.8. The molecule has 7 heteroatoms. The molecule has 1 aromatic heterocycles. The number of carbonyl (C=O) groups is 2. The molecule has 1 fully saturated rings. The van der Waals surface area contributed by atoms with Crippen LogP contribution in [0.5, 0.6) is 0 Å². The zero-order valence-corrected chi connectivity index (χ0v) is 12.8. The van der Waals surface area contributed by atoms with Crippen LogP contribution in [0.15, 0.2) is 12.1 Å². The van der Waals surface area contributed by atoms with E-state index in [2.05, 4.69) is 15.5 Å². The highest BCUT2D eigenvalue weighted by atomic mass is 35.5. The molecule has 21 heavy (non-hydrogen) atoms. The Hall–Kier alpha value is -1.69. The van der Waals surface area contributed by atoms with Gasteiger partial charge in [-0.25, -0.2) is 0 Å². The van der Waals surface area contributed by atoms with Gasteiger partial charge in [0.1, 0.15) is 0 Å². The second-order valence-electron chi connectivity index (χ2n) is 5.13. The fourth-order valence-electron chi connectivity index (χ4n) is 2.35. The largest absolute Gasteiger partial charge is 0.353 e. The highest BCUT2D eigenvalue weighted by Gasteiger charge is 2.25. The minimum atomic E-state index is -0.141. The van der Waals surface area contributed by atoms with Gasteiger partial charge in [0.05, 0.1) is 0 Å². The molecule has 0 saturated carbocycles. The van der Waals surface area contributed by atoms with E-state index in [1.54, 1.807) is 17.0 Å². The molecule has 0 radical (unpaired) electrons. The Bertz CT molecular complexity index is 498. The predicted molar refractivity (Wildman–Crippen MR) is 79.0 cm³/mol. The van der Waals surface area contributed by atoms with E-state index in [9.17, 15) is 9.59 Å². The highest BCUT2D eigenvalue weighted by Crippen LogP contribution is 2.14. The van der Waals surface area contributed by atoms with Crippen LogP contribution in [0.1, 0.15) is 43.1 Å². The molecule has 0 unspecified atom stereocenters. The van der Waals surface area contributed by atoms with Gasteiger partial charge in [-0.3, -0.25) is 9.59 Å². The molecule has 0 bridgehead atoms. The van der Waals surface area contributed by atoms with E-state index >= 15 is 0 Å². The number of hydrogen-bond donors (Lipinski definition) is 1. The Kier molecular flexibility index (Phi) is 5.50. The molecule has 2 rings (SSSR count). The summed E-state index contributed by atoms with van der Waals surface area (Å²) in [6.45, 7) is 3.20. The quantitative estimate of drug-likeness (QED) is 0.917. The lowest BCUT2D eigenvalue weighted by atomic mass is 10.0. The lowest BCUT2D eigenvalue weighted by molar-refractivity contribution is -0.122. The molecule has 1 aliphatic heterocycles. The van der Waals surface area contributed by atoms with Crippen molar-refractivity contribution in [1.29, 1.82) is 0 Å². The first-order valence-corrected chi connectivity index (χ1v) is 7.55. The molecule has 2 heterocycles. The molecule has 1 saturated heterocycles. The van der Waals surface area contributed by atoms with Gasteiger partial charge in [0.2, 0.25) is 5.91 Å². The van der Waals surface area contributed by atoms with E-state index in [4.69, 9.17) is 11.6 Å². The normalized spacial score (nSPS) is 15.8. The van der Waals surface area contributed by atoms with E-state index in [0.717, 1.165) is 19.3 Å². The summed E-state index contributed by atoms with van der Waals surface area (Å²) in [5.41, 5.74) is 0.299. The van der Waals surface area contributed by atoms with Crippen molar-refractivity contribution in [3.63, 3.8) is 0 Å². The number of piperidine rings is 1. The average Bonchev–Trinajstić information content (AvgIpc) is 2.48. The van der Waals surface area contributed by atoms with E-state index in [-0.39, 0.29) is 23.0 Å². The number of nitrogens with one attached hydrogen (secondary N) is 1. The van der Waals surface area contributed by atoms with Crippen LogP contribution in [0.4, 0.5) is 0 Å². The first-order chi connectivity index (χ1) is 10.1. The monoisotopic (exact) mass is 310 g/mol. The van der Waals surface area contributed by atoms with Gasteiger partial charge in [-0.15, -0.1) is 10.2 Å².